The molecule has 86 valence electrons. The van der Waals surface area contributed by atoms with E-state index in [0.717, 1.165) is 5.69 Å². The fourth-order valence-corrected chi connectivity index (χ4v) is 1.57. The zero-order valence-electron chi connectivity index (χ0n) is 9.79. The average Bonchev–Trinajstić information content (AvgIpc) is 3.05. The van der Waals surface area contributed by atoms with Crippen molar-refractivity contribution in [3.05, 3.63) is 29.8 Å². The van der Waals surface area contributed by atoms with Crippen molar-refractivity contribution < 1.29 is 4.79 Å². The number of rotatable bonds is 4. The molecular weight excluding hydrogens is 200 g/mol. The van der Waals surface area contributed by atoms with Crippen molar-refractivity contribution in [2.45, 2.75) is 38.8 Å². The highest BCUT2D eigenvalue weighted by Gasteiger charge is 2.25. The van der Waals surface area contributed by atoms with Gasteiger partial charge in [-0.05, 0) is 38.8 Å². The fraction of sp³-hybridized carbons (Fsp3) is 0.462. The summed E-state index contributed by atoms with van der Waals surface area (Å²) in [4.78, 5) is 11.8. The zero-order valence-corrected chi connectivity index (χ0v) is 9.79. The first kappa shape index (κ1) is 11.1. The highest BCUT2D eigenvalue weighted by molar-refractivity contribution is 5.94. The molecule has 2 N–H and O–H groups in total. The van der Waals surface area contributed by atoms with E-state index >= 15 is 0 Å². The van der Waals surface area contributed by atoms with Crippen LogP contribution in [0.3, 0.4) is 0 Å². The van der Waals surface area contributed by atoms with E-state index in [0.29, 0.717) is 6.04 Å². The van der Waals surface area contributed by atoms with Crippen LogP contribution in [0.1, 0.15) is 25.3 Å². The Bertz CT molecular complexity index is 368. The van der Waals surface area contributed by atoms with Crippen LogP contribution in [-0.2, 0) is 4.79 Å². The van der Waals surface area contributed by atoms with E-state index in [-0.39, 0.29) is 11.9 Å². The molecule has 0 bridgehead atoms. The van der Waals surface area contributed by atoms with Gasteiger partial charge >= 0.3 is 0 Å². The van der Waals surface area contributed by atoms with Crippen molar-refractivity contribution in [1.29, 1.82) is 0 Å². The van der Waals surface area contributed by atoms with Gasteiger partial charge in [0, 0.05) is 11.7 Å². The van der Waals surface area contributed by atoms with E-state index in [1.54, 1.807) is 0 Å². The van der Waals surface area contributed by atoms with Crippen LogP contribution in [0.5, 0.6) is 0 Å². The van der Waals surface area contributed by atoms with Gasteiger partial charge in [0.25, 0.3) is 0 Å². The van der Waals surface area contributed by atoms with Gasteiger partial charge in [0.05, 0.1) is 6.04 Å². The molecular formula is C13H18N2O. The Hall–Kier alpha value is -1.35. The molecule has 1 aliphatic carbocycles. The number of hydrogen-bond donors (Lipinski definition) is 2. The van der Waals surface area contributed by atoms with Gasteiger partial charge in [0.2, 0.25) is 5.91 Å². The number of amides is 1. The minimum Gasteiger partial charge on any atom is -0.325 e. The van der Waals surface area contributed by atoms with Crippen molar-refractivity contribution in [3.63, 3.8) is 0 Å². The maximum Gasteiger partial charge on any atom is 0.241 e. The molecule has 0 radical (unpaired) electrons. The highest BCUT2D eigenvalue weighted by Crippen LogP contribution is 2.19. The number of carbonyl (C=O) groups is 1. The second kappa shape index (κ2) is 4.66. The maximum atomic E-state index is 11.8. The summed E-state index contributed by atoms with van der Waals surface area (Å²) in [6.07, 6.45) is 2.39. The Morgan fingerprint density at radius 3 is 2.50 bits per heavy atom. The van der Waals surface area contributed by atoms with Crippen LogP contribution in [0.4, 0.5) is 5.69 Å². The molecule has 1 aromatic carbocycles. The summed E-state index contributed by atoms with van der Waals surface area (Å²) in [6, 6.07) is 8.28. The predicted octanol–water partition coefficient (Wildman–Crippen LogP) is 2.07. The minimum atomic E-state index is -0.117. The highest BCUT2D eigenvalue weighted by atomic mass is 16.2. The molecule has 3 heteroatoms. The van der Waals surface area contributed by atoms with Crippen molar-refractivity contribution in [2.24, 2.45) is 0 Å². The molecule has 0 heterocycles. The van der Waals surface area contributed by atoms with Crippen LogP contribution < -0.4 is 10.6 Å². The molecule has 3 nitrogen and oxygen atoms in total. The van der Waals surface area contributed by atoms with Gasteiger partial charge in [0.1, 0.15) is 0 Å². The van der Waals surface area contributed by atoms with Gasteiger partial charge in [-0.15, -0.1) is 0 Å². The first-order valence-corrected chi connectivity index (χ1v) is 5.79. The van der Waals surface area contributed by atoms with E-state index < -0.39 is 0 Å². The van der Waals surface area contributed by atoms with Crippen LogP contribution in [0, 0.1) is 6.92 Å². The molecule has 1 aliphatic rings. The van der Waals surface area contributed by atoms with Gasteiger partial charge in [-0.1, -0.05) is 17.7 Å². The van der Waals surface area contributed by atoms with E-state index in [2.05, 4.69) is 10.6 Å². The molecule has 1 aromatic rings. The molecule has 1 saturated carbocycles. The second-order valence-corrected chi connectivity index (χ2v) is 4.52. The van der Waals surface area contributed by atoms with Crippen LogP contribution in [0.2, 0.25) is 0 Å². The topological polar surface area (TPSA) is 41.1 Å². The van der Waals surface area contributed by atoms with E-state index in [1.165, 1.54) is 18.4 Å². The third-order valence-electron chi connectivity index (χ3n) is 2.78. The molecule has 0 spiro atoms. The van der Waals surface area contributed by atoms with Gasteiger partial charge in [0.15, 0.2) is 0 Å². The van der Waals surface area contributed by atoms with E-state index in [4.69, 9.17) is 0 Å². The predicted molar refractivity (Wildman–Crippen MR) is 65.4 cm³/mol. The van der Waals surface area contributed by atoms with Gasteiger partial charge in [-0.25, -0.2) is 0 Å². The average molecular weight is 218 g/mol. The Morgan fingerprint density at radius 1 is 1.31 bits per heavy atom. The number of aryl methyl sites for hydroxylation is 1. The third-order valence-corrected chi connectivity index (χ3v) is 2.78. The lowest BCUT2D eigenvalue weighted by Gasteiger charge is -2.13. The molecule has 0 aliphatic heterocycles. The normalized spacial score (nSPS) is 16.9. The SMILES string of the molecule is Cc1ccc(NC(=O)C(C)NC2CC2)cc1. The molecule has 0 aromatic heterocycles. The Morgan fingerprint density at radius 2 is 1.94 bits per heavy atom. The van der Waals surface area contributed by atoms with Crippen molar-refractivity contribution in [1.82, 2.24) is 5.32 Å². The molecule has 0 saturated heterocycles. The third kappa shape index (κ3) is 3.07. The van der Waals surface area contributed by atoms with Crippen LogP contribution in [-0.4, -0.2) is 18.0 Å². The van der Waals surface area contributed by atoms with E-state index in [9.17, 15) is 4.79 Å². The Balaban J connectivity index is 1.87. The molecule has 1 fully saturated rings. The number of benzene rings is 1. The van der Waals surface area contributed by atoms with Crippen LogP contribution in [0.15, 0.2) is 24.3 Å². The number of carbonyl (C=O) groups excluding carboxylic acids is 1. The lowest BCUT2D eigenvalue weighted by molar-refractivity contribution is -0.117. The first-order chi connectivity index (χ1) is 7.65. The number of hydrogen-bond acceptors (Lipinski definition) is 2. The van der Waals surface area contributed by atoms with E-state index in [1.807, 2.05) is 38.1 Å². The monoisotopic (exact) mass is 218 g/mol. The summed E-state index contributed by atoms with van der Waals surface area (Å²) < 4.78 is 0. The molecule has 1 atom stereocenters. The number of anilines is 1. The summed E-state index contributed by atoms with van der Waals surface area (Å²) in [7, 11) is 0. The van der Waals surface area contributed by atoms with Gasteiger partial charge in [-0.2, -0.15) is 0 Å². The number of nitrogens with one attached hydrogen (secondary N) is 2. The lowest BCUT2D eigenvalue weighted by Crippen LogP contribution is -2.39. The Labute approximate surface area is 96.2 Å². The molecule has 1 unspecified atom stereocenters. The fourth-order valence-electron chi connectivity index (χ4n) is 1.57. The standard InChI is InChI=1S/C13H18N2O/c1-9-3-5-12(6-4-9)15-13(16)10(2)14-11-7-8-11/h3-6,10-11,14H,7-8H2,1-2H3,(H,15,16). The first-order valence-electron chi connectivity index (χ1n) is 5.79. The lowest BCUT2D eigenvalue weighted by atomic mass is 10.2. The largest absolute Gasteiger partial charge is 0.325 e. The molecule has 1 amide bonds. The molecule has 16 heavy (non-hydrogen) atoms. The summed E-state index contributed by atoms with van der Waals surface area (Å²) in [6.45, 7) is 3.94. The smallest absolute Gasteiger partial charge is 0.241 e. The summed E-state index contributed by atoms with van der Waals surface area (Å²) in [5.41, 5.74) is 2.06. The minimum absolute atomic E-state index is 0.0377. The van der Waals surface area contributed by atoms with Gasteiger partial charge in [-0.3, -0.25) is 4.79 Å². The quantitative estimate of drug-likeness (QED) is 0.812. The van der Waals surface area contributed by atoms with Crippen molar-refractivity contribution in [3.8, 4) is 0 Å². The molecule has 2 rings (SSSR count). The van der Waals surface area contributed by atoms with Crippen LogP contribution >= 0.6 is 0 Å². The van der Waals surface area contributed by atoms with Crippen molar-refractivity contribution in [2.75, 3.05) is 5.32 Å². The van der Waals surface area contributed by atoms with Gasteiger partial charge < -0.3 is 10.6 Å². The summed E-state index contributed by atoms with van der Waals surface area (Å²) in [5.74, 6) is 0.0377. The maximum absolute atomic E-state index is 11.8. The Kier molecular flexibility index (Phi) is 3.25. The van der Waals surface area contributed by atoms with Crippen molar-refractivity contribution >= 4 is 11.6 Å². The zero-order chi connectivity index (χ0) is 11.5. The summed E-state index contributed by atoms with van der Waals surface area (Å²) in [5, 5.41) is 6.17. The second-order valence-electron chi connectivity index (χ2n) is 4.52. The summed E-state index contributed by atoms with van der Waals surface area (Å²) >= 11 is 0. The van der Waals surface area contributed by atoms with Crippen LogP contribution in [0.25, 0.3) is 0 Å².